The van der Waals surface area contributed by atoms with Crippen molar-refractivity contribution in [2.24, 2.45) is 5.92 Å². The summed E-state index contributed by atoms with van der Waals surface area (Å²) in [5.41, 5.74) is 2.77. The average molecular weight is 276 g/mol. The molecule has 0 aromatic carbocycles. The van der Waals surface area contributed by atoms with Gasteiger partial charge in [-0.2, -0.15) is 0 Å². The molecule has 2 aromatic heterocycles. The Morgan fingerprint density at radius 3 is 3.21 bits per heavy atom. The molecule has 0 radical (unpaired) electrons. The predicted octanol–water partition coefficient (Wildman–Crippen LogP) is 1.61. The predicted molar refractivity (Wildman–Crippen MR) is 74.5 cm³/mol. The van der Waals surface area contributed by atoms with Crippen LogP contribution >= 0.6 is 11.3 Å². The highest BCUT2D eigenvalue weighted by molar-refractivity contribution is 7.13. The number of rotatable bonds is 4. The summed E-state index contributed by atoms with van der Waals surface area (Å²) in [6, 6.07) is 2.00. The Morgan fingerprint density at radius 2 is 2.42 bits per heavy atom. The molecule has 3 heterocycles. The van der Waals surface area contributed by atoms with E-state index in [2.05, 4.69) is 30.8 Å². The fraction of sp³-hybridized carbons (Fsp3) is 0.500. The van der Waals surface area contributed by atoms with Crippen LogP contribution in [0.2, 0.25) is 0 Å². The minimum Gasteiger partial charge on any atom is -0.316 e. The number of nitrogens with zero attached hydrogens (tertiary/aromatic N) is 4. The molecule has 1 saturated heterocycles. The van der Waals surface area contributed by atoms with Crippen molar-refractivity contribution in [1.82, 2.24) is 25.5 Å². The van der Waals surface area contributed by atoms with Gasteiger partial charge in [-0.1, -0.05) is 11.3 Å². The summed E-state index contributed by atoms with van der Waals surface area (Å²) in [6.07, 6.45) is 5.14. The quantitative estimate of drug-likeness (QED) is 0.883. The fourth-order valence-electron chi connectivity index (χ4n) is 2.31. The minimum absolute atomic E-state index is 0.679. The van der Waals surface area contributed by atoms with Crippen LogP contribution in [0.3, 0.4) is 0 Å². The Kier molecular flexibility index (Phi) is 3.95. The molecule has 1 atom stereocenters. The zero-order valence-electron chi connectivity index (χ0n) is 10.5. The second-order valence-corrected chi connectivity index (χ2v) is 5.51. The molecule has 3 rings (SSSR count). The van der Waals surface area contributed by atoms with Crippen molar-refractivity contribution in [3.8, 4) is 0 Å². The van der Waals surface area contributed by atoms with E-state index in [0.29, 0.717) is 5.92 Å². The molecular weight excluding hydrogens is 260 g/mol. The van der Waals surface area contributed by atoms with Crippen LogP contribution in [0.4, 0.5) is 10.9 Å². The van der Waals surface area contributed by atoms with E-state index in [-0.39, 0.29) is 0 Å². The Labute approximate surface area is 115 Å². The summed E-state index contributed by atoms with van der Waals surface area (Å²) in [6.45, 7) is 2.23. The molecule has 1 aliphatic heterocycles. The van der Waals surface area contributed by atoms with Gasteiger partial charge in [0.25, 0.3) is 0 Å². The summed E-state index contributed by atoms with van der Waals surface area (Å²) < 4.78 is 0. The Hall–Kier alpha value is -1.60. The minimum atomic E-state index is 0.679. The number of hydrogen-bond donors (Lipinski definition) is 2. The molecule has 0 bridgehead atoms. The van der Waals surface area contributed by atoms with E-state index >= 15 is 0 Å². The van der Waals surface area contributed by atoms with Gasteiger partial charge in [0, 0.05) is 11.8 Å². The smallest absolute Gasteiger partial charge is 0.210 e. The lowest BCUT2D eigenvalue weighted by Gasteiger charge is -2.22. The number of anilines is 2. The van der Waals surface area contributed by atoms with Crippen molar-refractivity contribution in [2.75, 3.05) is 18.4 Å². The maximum Gasteiger partial charge on any atom is 0.210 e. The van der Waals surface area contributed by atoms with Gasteiger partial charge in [-0.15, -0.1) is 10.2 Å². The lowest BCUT2D eigenvalue weighted by Crippen LogP contribution is -2.31. The van der Waals surface area contributed by atoms with Gasteiger partial charge in [0.05, 0.1) is 0 Å². The summed E-state index contributed by atoms with van der Waals surface area (Å²) in [4.78, 5) is 8.56. The van der Waals surface area contributed by atoms with Crippen LogP contribution in [0.25, 0.3) is 0 Å². The highest BCUT2D eigenvalue weighted by Crippen LogP contribution is 2.19. The van der Waals surface area contributed by atoms with E-state index in [1.54, 1.807) is 11.8 Å². The first-order valence-electron chi connectivity index (χ1n) is 6.45. The molecule has 1 fully saturated rings. The molecule has 100 valence electrons. The van der Waals surface area contributed by atoms with E-state index in [0.717, 1.165) is 36.2 Å². The van der Waals surface area contributed by atoms with Gasteiger partial charge in [0.2, 0.25) is 5.13 Å². The second kappa shape index (κ2) is 6.03. The van der Waals surface area contributed by atoms with Gasteiger partial charge in [-0.05, 0) is 38.3 Å². The molecule has 1 aliphatic rings. The second-order valence-electron chi connectivity index (χ2n) is 4.68. The van der Waals surface area contributed by atoms with Crippen molar-refractivity contribution in [3.05, 3.63) is 23.6 Å². The third-order valence-electron chi connectivity index (χ3n) is 3.22. The highest BCUT2D eigenvalue weighted by atomic mass is 32.1. The van der Waals surface area contributed by atoms with Crippen molar-refractivity contribution >= 4 is 22.3 Å². The molecule has 6 nitrogen and oxygen atoms in total. The van der Waals surface area contributed by atoms with Crippen molar-refractivity contribution < 1.29 is 0 Å². The van der Waals surface area contributed by atoms with E-state index in [9.17, 15) is 0 Å². The van der Waals surface area contributed by atoms with Gasteiger partial charge in [-0.3, -0.25) is 0 Å². The monoisotopic (exact) mass is 276 g/mol. The normalized spacial score (nSPS) is 19.3. The standard InChI is InChI=1S/C12H16N6S/c1-2-9(6-13-3-1)4-10-5-11(15-7-14-10)17-12-18-16-8-19-12/h5,7-9,13H,1-4,6H2,(H,14,15,17,18)/t9-/m1/s1. The van der Waals surface area contributed by atoms with Crippen LogP contribution < -0.4 is 10.6 Å². The lowest BCUT2D eigenvalue weighted by molar-refractivity contribution is 0.373. The van der Waals surface area contributed by atoms with Crippen molar-refractivity contribution in [1.29, 1.82) is 0 Å². The van der Waals surface area contributed by atoms with Crippen LogP contribution in [0.1, 0.15) is 18.5 Å². The largest absolute Gasteiger partial charge is 0.316 e. The number of piperidine rings is 1. The molecule has 2 N–H and O–H groups in total. The molecule has 19 heavy (non-hydrogen) atoms. The number of hydrogen-bond acceptors (Lipinski definition) is 7. The van der Waals surface area contributed by atoms with Gasteiger partial charge < -0.3 is 10.6 Å². The summed E-state index contributed by atoms with van der Waals surface area (Å²) >= 11 is 1.46. The highest BCUT2D eigenvalue weighted by Gasteiger charge is 2.14. The zero-order valence-corrected chi connectivity index (χ0v) is 11.4. The zero-order chi connectivity index (χ0) is 12.9. The Bertz CT molecular complexity index is 509. The number of aromatic nitrogens is 4. The SMILES string of the molecule is c1nc(C[C@H]2CCCNC2)cc(Nc2nncs2)n1. The Balaban J connectivity index is 1.65. The van der Waals surface area contributed by atoms with Crippen LogP contribution in [-0.4, -0.2) is 33.3 Å². The maximum atomic E-state index is 4.35. The van der Waals surface area contributed by atoms with Crippen LogP contribution in [-0.2, 0) is 6.42 Å². The first kappa shape index (κ1) is 12.4. The lowest BCUT2D eigenvalue weighted by atomic mass is 9.94. The van der Waals surface area contributed by atoms with Crippen LogP contribution in [0.15, 0.2) is 17.9 Å². The summed E-state index contributed by atoms with van der Waals surface area (Å²) in [7, 11) is 0. The molecule has 0 saturated carbocycles. The van der Waals surface area contributed by atoms with Crippen LogP contribution in [0, 0.1) is 5.92 Å². The third-order valence-corrected chi connectivity index (χ3v) is 3.82. The van der Waals surface area contributed by atoms with E-state index in [4.69, 9.17) is 0 Å². The van der Waals surface area contributed by atoms with Gasteiger partial charge in [0.15, 0.2) is 0 Å². The van der Waals surface area contributed by atoms with Crippen molar-refractivity contribution in [2.45, 2.75) is 19.3 Å². The fourth-order valence-corrected chi connectivity index (χ4v) is 2.76. The molecular formula is C12H16N6S. The van der Waals surface area contributed by atoms with Crippen molar-refractivity contribution in [3.63, 3.8) is 0 Å². The Morgan fingerprint density at radius 1 is 1.42 bits per heavy atom. The molecule has 0 unspecified atom stereocenters. The summed E-state index contributed by atoms with van der Waals surface area (Å²) in [5, 5.41) is 15.1. The molecule has 0 aliphatic carbocycles. The van der Waals surface area contributed by atoms with Gasteiger partial charge >= 0.3 is 0 Å². The van der Waals surface area contributed by atoms with E-state index in [1.165, 1.54) is 24.2 Å². The van der Waals surface area contributed by atoms with Crippen LogP contribution in [0.5, 0.6) is 0 Å². The van der Waals surface area contributed by atoms with E-state index in [1.807, 2.05) is 6.07 Å². The first-order chi connectivity index (χ1) is 9.40. The molecule has 0 spiro atoms. The first-order valence-corrected chi connectivity index (χ1v) is 7.33. The molecule has 7 heteroatoms. The number of nitrogens with one attached hydrogen (secondary N) is 2. The van der Waals surface area contributed by atoms with E-state index < -0.39 is 0 Å². The third kappa shape index (κ3) is 3.45. The average Bonchev–Trinajstić information content (AvgIpc) is 2.93. The van der Waals surface area contributed by atoms with Gasteiger partial charge in [0.1, 0.15) is 17.7 Å². The maximum absolute atomic E-state index is 4.35. The summed E-state index contributed by atoms with van der Waals surface area (Å²) in [5.74, 6) is 1.46. The topological polar surface area (TPSA) is 75.6 Å². The molecule has 0 amide bonds. The molecule has 2 aromatic rings. The van der Waals surface area contributed by atoms with Gasteiger partial charge in [-0.25, -0.2) is 9.97 Å².